The maximum Gasteiger partial charge on any atom is 0.278 e. The van der Waals surface area contributed by atoms with Gasteiger partial charge < -0.3 is 4.90 Å². The van der Waals surface area contributed by atoms with Crippen molar-refractivity contribution in [3.05, 3.63) is 63.1 Å². The molecule has 158 valence electrons. The molecule has 1 fully saturated rings. The lowest BCUT2D eigenvalue weighted by Crippen LogP contribution is -2.44. The standard InChI is InChI=1S/C20H24Cl3N3O2S/c1-25(2)29(27,28)24-12-14-3-10-20(18-9-6-16(22)11-19(18)23)26(13-14)17-7-4-15(21)5-8-17/h4-9,11,14,20,24H,3,10,12-13H2,1-2H3/t14-,20-/m0/s1. The first kappa shape index (κ1) is 22.7. The van der Waals surface area contributed by atoms with Crippen LogP contribution in [0.4, 0.5) is 5.69 Å². The fourth-order valence-corrected chi connectivity index (χ4v) is 4.94. The summed E-state index contributed by atoms with van der Waals surface area (Å²) in [5.41, 5.74) is 2.03. The van der Waals surface area contributed by atoms with E-state index in [0.717, 1.165) is 24.1 Å². The zero-order chi connectivity index (χ0) is 21.2. The van der Waals surface area contributed by atoms with Crippen molar-refractivity contribution >= 4 is 50.7 Å². The van der Waals surface area contributed by atoms with Crippen molar-refractivity contribution in [1.82, 2.24) is 9.03 Å². The molecule has 9 heteroatoms. The summed E-state index contributed by atoms with van der Waals surface area (Å²) in [7, 11) is -0.420. The summed E-state index contributed by atoms with van der Waals surface area (Å²) in [5.74, 6) is 0.169. The molecule has 1 heterocycles. The maximum absolute atomic E-state index is 12.1. The van der Waals surface area contributed by atoms with Gasteiger partial charge in [0.25, 0.3) is 10.2 Å². The molecule has 0 aliphatic carbocycles. The van der Waals surface area contributed by atoms with E-state index in [1.165, 1.54) is 18.4 Å². The van der Waals surface area contributed by atoms with Crippen molar-refractivity contribution in [2.45, 2.75) is 18.9 Å². The van der Waals surface area contributed by atoms with Gasteiger partial charge in [0.05, 0.1) is 6.04 Å². The molecule has 0 amide bonds. The molecular formula is C20H24Cl3N3O2S. The third kappa shape index (κ3) is 5.57. The van der Waals surface area contributed by atoms with Crippen molar-refractivity contribution in [3.63, 3.8) is 0 Å². The van der Waals surface area contributed by atoms with Gasteiger partial charge in [-0.05, 0) is 60.7 Å². The van der Waals surface area contributed by atoms with Gasteiger partial charge in [0.2, 0.25) is 0 Å². The monoisotopic (exact) mass is 475 g/mol. The van der Waals surface area contributed by atoms with Crippen LogP contribution in [0, 0.1) is 5.92 Å². The average Bonchev–Trinajstić information content (AvgIpc) is 2.67. The van der Waals surface area contributed by atoms with E-state index in [-0.39, 0.29) is 12.0 Å². The van der Waals surface area contributed by atoms with Crippen LogP contribution >= 0.6 is 34.8 Å². The van der Waals surface area contributed by atoms with Crippen molar-refractivity contribution < 1.29 is 8.42 Å². The maximum atomic E-state index is 12.1. The second-order valence-electron chi connectivity index (χ2n) is 7.39. The van der Waals surface area contributed by atoms with Crippen LogP contribution in [0.1, 0.15) is 24.4 Å². The van der Waals surface area contributed by atoms with E-state index in [2.05, 4.69) is 9.62 Å². The molecule has 3 rings (SSSR count). The molecule has 2 atom stereocenters. The Bertz CT molecular complexity index is 952. The highest BCUT2D eigenvalue weighted by Gasteiger charge is 2.31. The van der Waals surface area contributed by atoms with Crippen LogP contribution < -0.4 is 9.62 Å². The lowest BCUT2D eigenvalue weighted by Gasteiger charge is -2.42. The third-order valence-electron chi connectivity index (χ3n) is 5.19. The number of hydrogen-bond donors (Lipinski definition) is 1. The molecule has 0 radical (unpaired) electrons. The Labute approximate surface area is 187 Å². The summed E-state index contributed by atoms with van der Waals surface area (Å²) in [6.07, 6.45) is 1.72. The van der Waals surface area contributed by atoms with E-state index in [1.54, 1.807) is 6.07 Å². The molecule has 29 heavy (non-hydrogen) atoms. The van der Waals surface area contributed by atoms with Crippen LogP contribution in [0.5, 0.6) is 0 Å². The average molecular weight is 477 g/mol. The second kappa shape index (κ2) is 9.41. The Kier molecular flexibility index (Phi) is 7.36. The van der Waals surface area contributed by atoms with E-state index in [9.17, 15) is 8.42 Å². The van der Waals surface area contributed by atoms with E-state index >= 15 is 0 Å². The van der Waals surface area contributed by atoms with Gasteiger partial charge in [-0.25, -0.2) is 4.72 Å². The highest BCUT2D eigenvalue weighted by Crippen LogP contribution is 2.40. The van der Waals surface area contributed by atoms with E-state index in [1.807, 2.05) is 36.4 Å². The first-order chi connectivity index (χ1) is 13.7. The largest absolute Gasteiger partial charge is 0.364 e. The third-order valence-corrected chi connectivity index (χ3v) is 7.50. The predicted octanol–water partition coefficient (Wildman–Crippen LogP) is 5.00. The van der Waals surface area contributed by atoms with E-state index < -0.39 is 10.2 Å². The topological polar surface area (TPSA) is 52.7 Å². The number of nitrogens with one attached hydrogen (secondary N) is 1. The van der Waals surface area contributed by atoms with Crippen LogP contribution in [0.2, 0.25) is 15.1 Å². The Morgan fingerprint density at radius 1 is 1.03 bits per heavy atom. The highest BCUT2D eigenvalue weighted by molar-refractivity contribution is 7.87. The van der Waals surface area contributed by atoms with Crippen molar-refractivity contribution in [3.8, 4) is 0 Å². The van der Waals surface area contributed by atoms with Gasteiger partial charge in [0.1, 0.15) is 0 Å². The molecule has 0 saturated carbocycles. The summed E-state index contributed by atoms with van der Waals surface area (Å²) in [6.45, 7) is 1.08. The molecule has 5 nitrogen and oxygen atoms in total. The summed E-state index contributed by atoms with van der Waals surface area (Å²) >= 11 is 18.7. The van der Waals surface area contributed by atoms with Crippen LogP contribution in [-0.4, -0.2) is 39.9 Å². The summed E-state index contributed by atoms with van der Waals surface area (Å²) < 4.78 is 28.0. The van der Waals surface area contributed by atoms with E-state index in [4.69, 9.17) is 34.8 Å². The second-order valence-corrected chi connectivity index (χ2v) is 10.6. The van der Waals surface area contributed by atoms with Gasteiger partial charge in [-0.2, -0.15) is 12.7 Å². The Morgan fingerprint density at radius 3 is 2.31 bits per heavy atom. The van der Waals surface area contributed by atoms with Crippen LogP contribution in [-0.2, 0) is 10.2 Å². The number of piperidine rings is 1. The number of rotatable bonds is 6. The quantitative estimate of drug-likeness (QED) is 0.638. The van der Waals surface area contributed by atoms with Gasteiger partial charge in [0.15, 0.2) is 0 Å². The SMILES string of the molecule is CN(C)S(=O)(=O)NC[C@@H]1CC[C@@H](c2ccc(Cl)cc2Cl)N(c2ccc(Cl)cc2)C1. The highest BCUT2D eigenvalue weighted by atomic mass is 35.5. The van der Waals surface area contributed by atoms with Gasteiger partial charge in [-0.1, -0.05) is 40.9 Å². The minimum atomic E-state index is -3.45. The molecule has 2 aromatic carbocycles. The smallest absolute Gasteiger partial charge is 0.278 e. The first-order valence-electron chi connectivity index (χ1n) is 9.31. The van der Waals surface area contributed by atoms with Gasteiger partial charge >= 0.3 is 0 Å². The zero-order valence-electron chi connectivity index (χ0n) is 16.3. The molecular weight excluding hydrogens is 453 g/mol. The Balaban J connectivity index is 1.85. The number of anilines is 1. The van der Waals surface area contributed by atoms with E-state index in [0.29, 0.717) is 28.2 Å². The normalized spacial score (nSPS) is 20.3. The predicted molar refractivity (Wildman–Crippen MR) is 121 cm³/mol. The first-order valence-corrected chi connectivity index (χ1v) is 11.9. The van der Waals surface area contributed by atoms with Crippen LogP contribution in [0.25, 0.3) is 0 Å². The number of hydrogen-bond acceptors (Lipinski definition) is 3. The molecule has 1 aliphatic heterocycles. The molecule has 0 bridgehead atoms. The minimum Gasteiger partial charge on any atom is -0.364 e. The molecule has 2 aromatic rings. The van der Waals surface area contributed by atoms with Gasteiger partial charge in [-0.15, -0.1) is 0 Å². The zero-order valence-corrected chi connectivity index (χ0v) is 19.4. The molecule has 1 aliphatic rings. The molecule has 1 N–H and O–H groups in total. The van der Waals surface area contributed by atoms with Crippen LogP contribution in [0.15, 0.2) is 42.5 Å². The Morgan fingerprint density at radius 2 is 1.69 bits per heavy atom. The van der Waals surface area contributed by atoms with Crippen molar-refractivity contribution in [2.24, 2.45) is 5.92 Å². The minimum absolute atomic E-state index is 0.0719. The molecule has 0 unspecified atom stereocenters. The fourth-order valence-electron chi connectivity index (χ4n) is 3.58. The summed E-state index contributed by atoms with van der Waals surface area (Å²) in [4.78, 5) is 2.27. The number of halogens is 3. The Hall–Kier alpha value is -1.02. The molecule has 1 saturated heterocycles. The molecule has 0 spiro atoms. The van der Waals surface area contributed by atoms with Gasteiger partial charge in [-0.3, -0.25) is 0 Å². The van der Waals surface area contributed by atoms with Crippen LogP contribution in [0.3, 0.4) is 0 Å². The lowest BCUT2D eigenvalue weighted by molar-refractivity contribution is 0.356. The number of benzene rings is 2. The van der Waals surface area contributed by atoms with Gasteiger partial charge in [0, 0.05) is 47.9 Å². The van der Waals surface area contributed by atoms with Crippen molar-refractivity contribution in [1.29, 1.82) is 0 Å². The summed E-state index contributed by atoms with van der Waals surface area (Å²) in [6, 6.07) is 13.3. The van der Waals surface area contributed by atoms with Crippen molar-refractivity contribution in [2.75, 3.05) is 32.1 Å². The summed E-state index contributed by atoms with van der Waals surface area (Å²) in [5, 5.41) is 1.90. The lowest BCUT2D eigenvalue weighted by atomic mass is 9.88. The number of nitrogens with zero attached hydrogens (tertiary/aromatic N) is 2. The molecule has 0 aromatic heterocycles. The fraction of sp³-hybridized carbons (Fsp3) is 0.400.